The van der Waals surface area contributed by atoms with Crippen molar-refractivity contribution in [3.8, 4) is 11.3 Å². The molecular formula is C11H13N3O2. The minimum atomic E-state index is -0.134. The molecule has 0 spiro atoms. The van der Waals surface area contributed by atoms with E-state index in [1.165, 1.54) is 0 Å². The van der Waals surface area contributed by atoms with Crippen molar-refractivity contribution in [1.82, 2.24) is 9.55 Å². The molecule has 0 radical (unpaired) electrons. The van der Waals surface area contributed by atoms with E-state index in [1.807, 2.05) is 13.0 Å². The Morgan fingerprint density at radius 3 is 2.69 bits per heavy atom. The van der Waals surface area contributed by atoms with E-state index in [2.05, 4.69) is 10.5 Å². The molecule has 0 atom stereocenters. The molecule has 2 aromatic rings. The molecule has 3 N–H and O–H groups in total. The molecule has 0 fully saturated rings. The number of rotatable bonds is 2. The van der Waals surface area contributed by atoms with Gasteiger partial charge in [-0.15, -0.1) is 0 Å². The molecule has 0 aromatic carbocycles. The van der Waals surface area contributed by atoms with Gasteiger partial charge in [0.15, 0.2) is 0 Å². The Kier molecular flexibility index (Phi) is 2.54. The summed E-state index contributed by atoms with van der Waals surface area (Å²) in [5, 5.41) is 8.86. The number of hydrogen-bond acceptors (Lipinski definition) is 3. The predicted molar refractivity (Wildman–Crippen MR) is 61.6 cm³/mol. The van der Waals surface area contributed by atoms with Gasteiger partial charge in [-0.1, -0.05) is 0 Å². The Balaban J connectivity index is 2.68. The van der Waals surface area contributed by atoms with Crippen LogP contribution in [0.2, 0.25) is 0 Å². The second-order valence-corrected chi connectivity index (χ2v) is 3.64. The van der Waals surface area contributed by atoms with E-state index in [-0.39, 0.29) is 5.56 Å². The Labute approximate surface area is 92.3 Å². The van der Waals surface area contributed by atoms with Crippen molar-refractivity contribution in [3.05, 3.63) is 40.3 Å². The molecule has 0 saturated heterocycles. The van der Waals surface area contributed by atoms with Crippen LogP contribution < -0.4 is 11.0 Å². The van der Waals surface area contributed by atoms with Crippen LogP contribution in [0.3, 0.4) is 0 Å². The number of anilines is 1. The molecule has 0 bridgehead atoms. The van der Waals surface area contributed by atoms with Crippen LogP contribution in [-0.2, 0) is 7.05 Å². The fraction of sp³-hybridized carbons (Fsp3) is 0.182. The highest BCUT2D eigenvalue weighted by Gasteiger charge is 2.11. The summed E-state index contributed by atoms with van der Waals surface area (Å²) in [6.07, 6.45) is 1.62. The molecule has 0 aliphatic heterocycles. The molecule has 16 heavy (non-hydrogen) atoms. The first-order chi connectivity index (χ1) is 7.65. The van der Waals surface area contributed by atoms with Gasteiger partial charge in [-0.2, -0.15) is 0 Å². The number of nitrogens with zero attached hydrogens (tertiary/aromatic N) is 1. The van der Waals surface area contributed by atoms with Gasteiger partial charge in [0.05, 0.1) is 11.3 Å². The van der Waals surface area contributed by atoms with Gasteiger partial charge in [0.25, 0.3) is 5.56 Å². The minimum absolute atomic E-state index is 0.134. The second-order valence-electron chi connectivity index (χ2n) is 3.64. The smallest absolute Gasteiger partial charge is 0.257 e. The van der Waals surface area contributed by atoms with Crippen LogP contribution in [0.15, 0.2) is 29.2 Å². The maximum atomic E-state index is 11.7. The fourth-order valence-corrected chi connectivity index (χ4v) is 1.77. The van der Waals surface area contributed by atoms with Gasteiger partial charge >= 0.3 is 0 Å². The maximum absolute atomic E-state index is 11.7. The Morgan fingerprint density at radius 2 is 2.12 bits per heavy atom. The first-order valence-corrected chi connectivity index (χ1v) is 4.89. The normalized spacial score (nSPS) is 10.4. The third kappa shape index (κ3) is 1.51. The van der Waals surface area contributed by atoms with Crippen LogP contribution in [0.5, 0.6) is 0 Å². The predicted octanol–water partition coefficient (Wildman–Crippen LogP) is 1.49. The molecule has 5 nitrogen and oxygen atoms in total. The minimum Gasteiger partial charge on any atom is -0.329 e. The maximum Gasteiger partial charge on any atom is 0.257 e. The van der Waals surface area contributed by atoms with E-state index in [0.29, 0.717) is 11.4 Å². The summed E-state index contributed by atoms with van der Waals surface area (Å²) in [7, 11) is 1.78. The first-order valence-electron chi connectivity index (χ1n) is 4.89. The molecule has 0 aliphatic rings. The number of aryl methyl sites for hydroxylation is 1. The molecule has 2 heterocycles. The van der Waals surface area contributed by atoms with Crippen LogP contribution >= 0.6 is 0 Å². The Morgan fingerprint density at radius 1 is 1.38 bits per heavy atom. The summed E-state index contributed by atoms with van der Waals surface area (Å²) in [6.45, 7) is 1.88. The number of nitrogens with one attached hydrogen (secondary N) is 2. The van der Waals surface area contributed by atoms with Crippen LogP contribution in [0.4, 0.5) is 5.82 Å². The van der Waals surface area contributed by atoms with Crippen LogP contribution in [0, 0.1) is 6.92 Å². The highest BCUT2D eigenvalue weighted by Crippen LogP contribution is 2.23. The molecular weight excluding hydrogens is 206 g/mol. The summed E-state index contributed by atoms with van der Waals surface area (Å²) in [5.41, 5.74) is 4.22. The number of H-pyrrole nitrogens is 1. The quantitative estimate of drug-likeness (QED) is 0.670. The standard InChI is InChI=1S/C11H13N3O2/c1-7-5-6-12-11(15)10(7)8-3-4-9(13-16)14(8)2/h3-6,13,16H,1-2H3,(H,12,15). The van der Waals surface area contributed by atoms with Crippen molar-refractivity contribution in [1.29, 1.82) is 0 Å². The molecule has 2 rings (SSSR count). The Hall–Kier alpha value is -2.01. The lowest BCUT2D eigenvalue weighted by Crippen LogP contribution is -2.12. The highest BCUT2D eigenvalue weighted by molar-refractivity contribution is 5.66. The van der Waals surface area contributed by atoms with Gasteiger partial charge in [-0.3, -0.25) is 15.5 Å². The van der Waals surface area contributed by atoms with Crippen molar-refractivity contribution in [2.45, 2.75) is 6.92 Å². The van der Waals surface area contributed by atoms with E-state index in [4.69, 9.17) is 5.21 Å². The van der Waals surface area contributed by atoms with Crippen molar-refractivity contribution >= 4 is 5.82 Å². The van der Waals surface area contributed by atoms with Crippen molar-refractivity contribution in [3.63, 3.8) is 0 Å². The molecule has 5 heteroatoms. The van der Waals surface area contributed by atoms with Gasteiger partial charge in [-0.05, 0) is 30.7 Å². The molecule has 0 amide bonds. The fourth-order valence-electron chi connectivity index (χ4n) is 1.77. The van der Waals surface area contributed by atoms with Gasteiger partial charge < -0.3 is 9.55 Å². The van der Waals surface area contributed by atoms with Crippen molar-refractivity contribution < 1.29 is 5.21 Å². The summed E-state index contributed by atoms with van der Waals surface area (Å²) in [6, 6.07) is 5.34. The van der Waals surface area contributed by atoms with E-state index in [0.717, 1.165) is 11.3 Å². The van der Waals surface area contributed by atoms with Crippen LogP contribution in [0.25, 0.3) is 11.3 Å². The summed E-state index contributed by atoms with van der Waals surface area (Å²) >= 11 is 0. The third-order valence-electron chi connectivity index (χ3n) is 2.66. The zero-order valence-corrected chi connectivity index (χ0v) is 9.11. The lowest BCUT2D eigenvalue weighted by atomic mass is 10.1. The molecule has 2 aromatic heterocycles. The third-order valence-corrected chi connectivity index (χ3v) is 2.66. The van der Waals surface area contributed by atoms with E-state index < -0.39 is 0 Å². The zero-order valence-electron chi connectivity index (χ0n) is 9.11. The average Bonchev–Trinajstić information content (AvgIpc) is 2.60. The lowest BCUT2D eigenvalue weighted by Gasteiger charge is -2.07. The molecule has 84 valence electrons. The number of pyridine rings is 1. The van der Waals surface area contributed by atoms with Crippen LogP contribution in [0.1, 0.15) is 5.56 Å². The van der Waals surface area contributed by atoms with Gasteiger partial charge in [-0.25, -0.2) is 0 Å². The highest BCUT2D eigenvalue weighted by atomic mass is 16.5. The van der Waals surface area contributed by atoms with E-state index in [9.17, 15) is 4.79 Å². The molecule has 0 unspecified atom stereocenters. The van der Waals surface area contributed by atoms with E-state index in [1.54, 1.807) is 29.9 Å². The van der Waals surface area contributed by atoms with Gasteiger partial charge in [0.2, 0.25) is 0 Å². The second kappa shape index (κ2) is 3.86. The van der Waals surface area contributed by atoms with Crippen molar-refractivity contribution in [2.24, 2.45) is 7.05 Å². The van der Waals surface area contributed by atoms with E-state index >= 15 is 0 Å². The SMILES string of the molecule is Cc1cc[nH]c(=O)c1-c1ccc(NO)n1C. The number of aromatic nitrogens is 2. The van der Waals surface area contributed by atoms with Gasteiger partial charge in [0, 0.05) is 13.2 Å². The molecule has 0 aliphatic carbocycles. The monoisotopic (exact) mass is 219 g/mol. The molecule has 0 saturated carbocycles. The largest absolute Gasteiger partial charge is 0.329 e. The Bertz CT molecular complexity index is 569. The lowest BCUT2D eigenvalue weighted by molar-refractivity contribution is 0.383. The topological polar surface area (TPSA) is 70.1 Å². The first kappa shape index (κ1) is 10.5. The zero-order chi connectivity index (χ0) is 11.7. The number of hydrogen-bond donors (Lipinski definition) is 3. The number of aromatic amines is 1. The van der Waals surface area contributed by atoms with Crippen LogP contribution in [-0.4, -0.2) is 14.8 Å². The van der Waals surface area contributed by atoms with Crippen molar-refractivity contribution in [2.75, 3.05) is 5.48 Å². The average molecular weight is 219 g/mol. The van der Waals surface area contributed by atoms with Gasteiger partial charge in [0.1, 0.15) is 5.82 Å². The summed E-state index contributed by atoms with van der Waals surface area (Å²) in [5.74, 6) is 0.539. The summed E-state index contributed by atoms with van der Waals surface area (Å²) in [4.78, 5) is 14.4. The summed E-state index contributed by atoms with van der Waals surface area (Å²) < 4.78 is 1.72.